The third-order valence-electron chi connectivity index (χ3n) is 6.80. The second-order valence-electron chi connectivity index (χ2n) is 9.22. The van der Waals surface area contributed by atoms with Gasteiger partial charge in [-0.05, 0) is 50.2 Å². The predicted molar refractivity (Wildman–Crippen MR) is 128 cm³/mol. The number of hydrogen-bond acceptors (Lipinski definition) is 7. The third-order valence-corrected chi connectivity index (χ3v) is 6.80. The van der Waals surface area contributed by atoms with Crippen LogP contribution in [0.3, 0.4) is 0 Å². The Hall–Kier alpha value is -2.85. The predicted octanol–water partition coefficient (Wildman–Crippen LogP) is 3.83. The van der Waals surface area contributed by atoms with Gasteiger partial charge in [0.1, 0.15) is 11.6 Å². The molecule has 1 saturated heterocycles. The Bertz CT molecular complexity index is 1140. The number of nitrogens with one attached hydrogen (secondary N) is 1. The largest absolute Gasteiger partial charge is 0.378 e. The first kappa shape index (κ1) is 22.9. The summed E-state index contributed by atoms with van der Waals surface area (Å²) >= 11 is 0. The van der Waals surface area contributed by atoms with Crippen LogP contribution in [0.5, 0.6) is 0 Å². The number of fused-ring (bicyclic) bond motifs is 1. The van der Waals surface area contributed by atoms with Gasteiger partial charge in [-0.2, -0.15) is 9.97 Å². The van der Waals surface area contributed by atoms with E-state index in [1.165, 1.54) is 4.57 Å². The van der Waals surface area contributed by atoms with Crippen LogP contribution in [0.15, 0.2) is 24.3 Å². The van der Waals surface area contributed by atoms with Gasteiger partial charge in [0.2, 0.25) is 5.95 Å². The van der Waals surface area contributed by atoms with Crippen molar-refractivity contribution >= 4 is 22.8 Å². The highest BCUT2D eigenvalue weighted by molar-refractivity contribution is 5.81. The van der Waals surface area contributed by atoms with Gasteiger partial charge in [-0.1, -0.05) is 12.1 Å². The van der Waals surface area contributed by atoms with E-state index in [9.17, 15) is 8.78 Å². The van der Waals surface area contributed by atoms with E-state index in [0.717, 1.165) is 37.8 Å². The molecule has 182 valence electrons. The Balaban J connectivity index is 1.55. The lowest BCUT2D eigenvalue weighted by Gasteiger charge is -2.29. The maximum absolute atomic E-state index is 14.1. The molecule has 0 bridgehead atoms. The van der Waals surface area contributed by atoms with E-state index in [2.05, 4.69) is 20.2 Å². The van der Waals surface area contributed by atoms with Crippen molar-refractivity contribution in [3.8, 4) is 5.82 Å². The van der Waals surface area contributed by atoms with Crippen molar-refractivity contribution in [3.05, 3.63) is 35.7 Å². The molecule has 10 heteroatoms. The molecule has 5 rings (SSSR count). The van der Waals surface area contributed by atoms with Gasteiger partial charge in [-0.15, -0.1) is 0 Å². The molecule has 0 spiro atoms. The second-order valence-corrected chi connectivity index (χ2v) is 9.22. The maximum Gasteiger partial charge on any atom is 0.296 e. The van der Waals surface area contributed by atoms with Crippen LogP contribution < -0.4 is 16.0 Å². The second kappa shape index (κ2) is 9.79. The number of morpholine rings is 1. The molecule has 3 aromatic rings. The van der Waals surface area contributed by atoms with Gasteiger partial charge >= 0.3 is 0 Å². The van der Waals surface area contributed by atoms with Crippen LogP contribution in [-0.4, -0.2) is 58.4 Å². The molecule has 34 heavy (non-hydrogen) atoms. The summed E-state index contributed by atoms with van der Waals surface area (Å²) in [5.41, 5.74) is 8.06. The fraction of sp³-hybridized carbons (Fsp3) is 0.542. The summed E-state index contributed by atoms with van der Waals surface area (Å²) in [7, 11) is 0. The maximum atomic E-state index is 14.1. The van der Waals surface area contributed by atoms with E-state index in [4.69, 9.17) is 15.5 Å². The van der Waals surface area contributed by atoms with Crippen molar-refractivity contribution in [1.82, 2.24) is 19.5 Å². The topological polar surface area (TPSA) is 94.1 Å². The summed E-state index contributed by atoms with van der Waals surface area (Å²) in [6.07, 6.45) is 1.42. The van der Waals surface area contributed by atoms with Crippen LogP contribution in [0.2, 0.25) is 0 Å². The molecule has 0 radical (unpaired) electrons. The molecule has 3 heterocycles. The molecular weight excluding hydrogens is 440 g/mol. The number of ether oxygens (including phenoxy) is 1. The number of nitrogens with zero attached hydrogens (tertiary/aromatic N) is 5. The average Bonchev–Trinajstić information content (AvgIpc) is 3.26. The Morgan fingerprint density at radius 1 is 1.09 bits per heavy atom. The number of rotatable bonds is 6. The average molecular weight is 472 g/mol. The molecule has 0 unspecified atom stereocenters. The first-order valence-corrected chi connectivity index (χ1v) is 12.0. The highest BCUT2D eigenvalue weighted by Gasteiger charge is 2.25. The number of benzene rings is 1. The SMILES string of the molecule is Cc1cccc2nc(C(F)F)n(-c3cc(N4CCOCC4)nc(NCC4CCC(N)CC4)n3)c12. The molecule has 2 aliphatic rings. The summed E-state index contributed by atoms with van der Waals surface area (Å²) in [6, 6.07) is 7.53. The highest BCUT2D eigenvalue weighted by Crippen LogP contribution is 2.31. The number of halogens is 2. The standard InChI is InChI=1S/C24H31F2N7O/c1-15-3-2-4-18-21(15)33(23(29-18)22(25)26)20-13-19(32-9-11-34-12-10-32)30-24(31-20)28-14-16-5-7-17(27)8-6-16/h2-4,13,16-17,22H,5-12,14,27H2,1H3,(H,28,30,31). The van der Waals surface area contributed by atoms with Crippen LogP contribution in [-0.2, 0) is 4.74 Å². The molecule has 0 atom stereocenters. The zero-order chi connectivity index (χ0) is 23.7. The molecule has 3 N–H and O–H groups in total. The molecule has 2 fully saturated rings. The summed E-state index contributed by atoms with van der Waals surface area (Å²) in [5.74, 6) is 1.69. The number of anilines is 2. The summed E-state index contributed by atoms with van der Waals surface area (Å²) in [5, 5.41) is 3.38. The minimum atomic E-state index is -2.74. The van der Waals surface area contributed by atoms with E-state index < -0.39 is 6.43 Å². The van der Waals surface area contributed by atoms with Crippen molar-refractivity contribution in [1.29, 1.82) is 0 Å². The normalized spacial score (nSPS) is 21.4. The van der Waals surface area contributed by atoms with E-state index >= 15 is 0 Å². The van der Waals surface area contributed by atoms with Gasteiger partial charge in [0.05, 0.1) is 24.2 Å². The lowest BCUT2D eigenvalue weighted by Crippen LogP contribution is -2.37. The first-order valence-electron chi connectivity index (χ1n) is 12.0. The van der Waals surface area contributed by atoms with E-state index in [0.29, 0.717) is 60.8 Å². The zero-order valence-electron chi connectivity index (χ0n) is 19.4. The number of hydrogen-bond donors (Lipinski definition) is 2. The zero-order valence-corrected chi connectivity index (χ0v) is 19.4. The van der Waals surface area contributed by atoms with Crippen LogP contribution >= 0.6 is 0 Å². The monoisotopic (exact) mass is 471 g/mol. The van der Waals surface area contributed by atoms with Crippen LogP contribution in [0.1, 0.15) is 43.5 Å². The quantitative estimate of drug-likeness (QED) is 0.564. The number of para-hydroxylation sites is 1. The van der Waals surface area contributed by atoms with Crippen molar-refractivity contribution in [2.45, 2.75) is 45.1 Å². The molecule has 0 amide bonds. The number of alkyl halides is 2. The van der Waals surface area contributed by atoms with Gasteiger partial charge in [0, 0.05) is 31.7 Å². The Morgan fingerprint density at radius 2 is 1.82 bits per heavy atom. The molecule has 1 saturated carbocycles. The van der Waals surface area contributed by atoms with Gasteiger partial charge < -0.3 is 20.7 Å². The number of aryl methyl sites for hydroxylation is 1. The minimum absolute atomic E-state index is 0.286. The Morgan fingerprint density at radius 3 is 2.56 bits per heavy atom. The Labute approximate surface area is 197 Å². The number of nitrogens with two attached hydrogens (primary N) is 1. The van der Waals surface area contributed by atoms with Crippen molar-refractivity contribution < 1.29 is 13.5 Å². The highest BCUT2D eigenvalue weighted by atomic mass is 19.3. The fourth-order valence-corrected chi connectivity index (χ4v) is 4.89. The van der Waals surface area contributed by atoms with Crippen LogP contribution in [0, 0.1) is 12.8 Å². The van der Waals surface area contributed by atoms with Gasteiger partial charge in [-0.25, -0.2) is 13.8 Å². The molecule has 2 aromatic heterocycles. The molecule has 1 aliphatic heterocycles. The van der Waals surface area contributed by atoms with Crippen LogP contribution in [0.4, 0.5) is 20.5 Å². The molecular formula is C24H31F2N7O. The van der Waals surface area contributed by atoms with Gasteiger partial charge in [0.15, 0.2) is 5.82 Å². The first-order chi connectivity index (χ1) is 16.5. The fourth-order valence-electron chi connectivity index (χ4n) is 4.89. The van der Waals surface area contributed by atoms with E-state index in [1.54, 1.807) is 12.1 Å². The number of aromatic nitrogens is 4. The summed E-state index contributed by atoms with van der Waals surface area (Å²) in [6.45, 7) is 5.18. The van der Waals surface area contributed by atoms with Crippen molar-refractivity contribution in [2.24, 2.45) is 11.7 Å². The number of imidazole rings is 1. The lowest BCUT2D eigenvalue weighted by molar-refractivity contribution is 0.122. The third kappa shape index (κ3) is 4.69. The van der Waals surface area contributed by atoms with Gasteiger partial charge in [-0.3, -0.25) is 4.57 Å². The van der Waals surface area contributed by atoms with Crippen molar-refractivity contribution in [2.75, 3.05) is 43.1 Å². The minimum Gasteiger partial charge on any atom is -0.378 e. The summed E-state index contributed by atoms with van der Waals surface area (Å²) < 4.78 is 35.1. The van der Waals surface area contributed by atoms with Crippen LogP contribution in [0.25, 0.3) is 16.9 Å². The van der Waals surface area contributed by atoms with Gasteiger partial charge in [0.25, 0.3) is 6.43 Å². The van der Waals surface area contributed by atoms with E-state index in [1.807, 2.05) is 19.1 Å². The van der Waals surface area contributed by atoms with Crippen molar-refractivity contribution in [3.63, 3.8) is 0 Å². The lowest BCUT2D eigenvalue weighted by atomic mass is 9.86. The Kier molecular flexibility index (Phi) is 6.60. The molecule has 8 nitrogen and oxygen atoms in total. The molecule has 1 aliphatic carbocycles. The smallest absolute Gasteiger partial charge is 0.296 e. The van der Waals surface area contributed by atoms with E-state index in [-0.39, 0.29) is 11.9 Å². The summed E-state index contributed by atoms with van der Waals surface area (Å²) in [4.78, 5) is 15.8. The molecule has 1 aromatic carbocycles.